The first-order valence-electron chi connectivity index (χ1n) is 8.66. The van der Waals surface area contributed by atoms with Crippen LogP contribution in [0.25, 0.3) is 0 Å². The third-order valence-corrected chi connectivity index (χ3v) is 5.15. The number of fused-ring (bicyclic) bond motifs is 1. The van der Waals surface area contributed by atoms with Crippen molar-refractivity contribution in [1.29, 1.82) is 0 Å². The molecule has 3 aliphatic rings. The van der Waals surface area contributed by atoms with E-state index in [-0.39, 0.29) is 18.1 Å². The lowest BCUT2D eigenvalue weighted by Crippen LogP contribution is -2.49. The molecule has 1 amide bonds. The third kappa shape index (κ3) is 3.16. The molecule has 3 atom stereocenters. The molecule has 23 heavy (non-hydrogen) atoms. The number of nitrogens with zero attached hydrogens (tertiary/aromatic N) is 2. The Morgan fingerprint density at radius 2 is 2.17 bits per heavy atom. The van der Waals surface area contributed by atoms with Crippen LogP contribution in [0, 0.1) is 0 Å². The summed E-state index contributed by atoms with van der Waals surface area (Å²) >= 11 is 0. The second-order valence-electron chi connectivity index (χ2n) is 6.68. The highest BCUT2D eigenvalue weighted by Crippen LogP contribution is 2.33. The smallest absolute Gasteiger partial charge is 0.275 e. The van der Waals surface area contributed by atoms with Gasteiger partial charge in [-0.1, -0.05) is 0 Å². The van der Waals surface area contributed by atoms with Crippen LogP contribution in [-0.4, -0.2) is 53.8 Å². The molecule has 0 aromatic carbocycles. The average molecular weight is 320 g/mol. The van der Waals surface area contributed by atoms with Gasteiger partial charge in [-0.2, -0.15) is 0 Å². The number of hydroxylamine groups is 2. The normalized spacial score (nSPS) is 32.0. The number of carbonyl (C=O) groups is 1. The summed E-state index contributed by atoms with van der Waals surface area (Å²) in [6.07, 6.45) is 8.18. The van der Waals surface area contributed by atoms with E-state index in [2.05, 4.69) is 4.90 Å². The molecule has 3 saturated heterocycles. The molecule has 1 aromatic rings. The van der Waals surface area contributed by atoms with Crippen LogP contribution in [0.4, 0.5) is 0 Å². The SMILES string of the molecule is O=C([C@@H]1CC[C@@H]2[C@@H](CCN2Cc2ccoc2)O1)N1CCCCO1. The van der Waals surface area contributed by atoms with Crippen molar-refractivity contribution in [3.05, 3.63) is 24.2 Å². The molecule has 3 fully saturated rings. The van der Waals surface area contributed by atoms with E-state index in [1.807, 2.05) is 6.07 Å². The number of ether oxygens (including phenoxy) is 1. The second kappa shape index (κ2) is 6.63. The Hall–Kier alpha value is -1.37. The van der Waals surface area contributed by atoms with Crippen LogP contribution < -0.4 is 0 Å². The molecule has 6 heteroatoms. The second-order valence-corrected chi connectivity index (χ2v) is 6.68. The lowest BCUT2D eigenvalue weighted by atomic mass is 9.98. The molecule has 0 unspecified atom stereocenters. The molecule has 1 aromatic heterocycles. The van der Waals surface area contributed by atoms with Gasteiger partial charge in [-0.3, -0.25) is 14.5 Å². The maximum Gasteiger partial charge on any atom is 0.275 e. The highest BCUT2D eigenvalue weighted by atomic mass is 16.7. The van der Waals surface area contributed by atoms with Crippen molar-refractivity contribution in [3.8, 4) is 0 Å². The first kappa shape index (κ1) is 15.2. The van der Waals surface area contributed by atoms with Crippen LogP contribution >= 0.6 is 0 Å². The van der Waals surface area contributed by atoms with Gasteiger partial charge in [-0.15, -0.1) is 0 Å². The Morgan fingerprint density at radius 3 is 2.96 bits per heavy atom. The fourth-order valence-electron chi connectivity index (χ4n) is 3.94. The Balaban J connectivity index is 1.34. The van der Waals surface area contributed by atoms with Gasteiger partial charge in [0, 0.05) is 31.2 Å². The van der Waals surface area contributed by atoms with Crippen molar-refractivity contribution in [2.24, 2.45) is 0 Å². The summed E-state index contributed by atoms with van der Waals surface area (Å²) in [6.45, 7) is 3.25. The van der Waals surface area contributed by atoms with E-state index in [1.54, 1.807) is 12.5 Å². The van der Waals surface area contributed by atoms with Crippen molar-refractivity contribution in [1.82, 2.24) is 9.96 Å². The summed E-state index contributed by atoms with van der Waals surface area (Å²) in [4.78, 5) is 20.5. The molecule has 0 N–H and O–H groups in total. The van der Waals surface area contributed by atoms with Gasteiger partial charge >= 0.3 is 0 Å². The third-order valence-electron chi connectivity index (χ3n) is 5.15. The predicted octanol–water partition coefficient (Wildman–Crippen LogP) is 1.96. The summed E-state index contributed by atoms with van der Waals surface area (Å²) in [6, 6.07) is 2.42. The van der Waals surface area contributed by atoms with Crippen molar-refractivity contribution in [2.45, 2.75) is 56.9 Å². The number of carbonyl (C=O) groups excluding carboxylic acids is 1. The van der Waals surface area contributed by atoms with E-state index < -0.39 is 0 Å². The Kier molecular flexibility index (Phi) is 4.37. The molecular weight excluding hydrogens is 296 g/mol. The van der Waals surface area contributed by atoms with Crippen LogP contribution in [0.3, 0.4) is 0 Å². The maximum absolute atomic E-state index is 12.5. The average Bonchev–Trinajstić information content (AvgIpc) is 3.25. The number of hydrogen-bond acceptors (Lipinski definition) is 5. The quantitative estimate of drug-likeness (QED) is 0.852. The summed E-state index contributed by atoms with van der Waals surface area (Å²) in [5.74, 6) is 0.0106. The molecule has 0 saturated carbocycles. The van der Waals surface area contributed by atoms with Crippen molar-refractivity contribution < 1.29 is 18.8 Å². The molecule has 6 nitrogen and oxygen atoms in total. The topological polar surface area (TPSA) is 55.2 Å². The Morgan fingerprint density at radius 1 is 1.22 bits per heavy atom. The molecule has 126 valence electrons. The van der Waals surface area contributed by atoms with Gasteiger partial charge in [0.15, 0.2) is 0 Å². The molecule has 4 heterocycles. The summed E-state index contributed by atoms with van der Waals surface area (Å²) in [5, 5.41) is 1.52. The monoisotopic (exact) mass is 320 g/mol. The van der Waals surface area contributed by atoms with Gasteiger partial charge in [-0.05, 0) is 38.2 Å². The van der Waals surface area contributed by atoms with Gasteiger partial charge < -0.3 is 9.15 Å². The summed E-state index contributed by atoms with van der Waals surface area (Å²) in [7, 11) is 0. The van der Waals surface area contributed by atoms with Crippen molar-refractivity contribution in [2.75, 3.05) is 19.7 Å². The van der Waals surface area contributed by atoms with E-state index in [0.29, 0.717) is 19.2 Å². The molecule has 3 aliphatic heterocycles. The summed E-state index contributed by atoms with van der Waals surface area (Å²) < 4.78 is 11.3. The molecule has 0 aliphatic carbocycles. The highest BCUT2D eigenvalue weighted by molar-refractivity contribution is 5.80. The van der Waals surface area contributed by atoms with Crippen LogP contribution in [0.5, 0.6) is 0 Å². The molecule has 4 rings (SSSR count). The maximum atomic E-state index is 12.5. The van der Waals surface area contributed by atoms with Crippen LogP contribution in [0.15, 0.2) is 23.0 Å². The number of rotatable bonds is 3. The molecule has 0 spiro atoms. The van der Waals surface area contributed by atoms with Crippen molar-refractivity contribution >= 4 is 5.91 Å². The van der Waals surface area contributed by atoms with E-state index in [4.69, 9.17) is 14.0 Å². The standard InChI is InChI=1S/C17H24N2O4/c20-17(19-7-1-2-9-22-19)16-4-3-14-15(23-16)5-8-18(14)11-13-6-10-21-12-13/h6,10,12,14-16H,1-5,7-9,11H2/t14-,15-,16+/m1/s1. The fraction of sp³-hybridized carbons (Fsp3) is 0.706. The zero-order valence-electron chi connectivity index (χ0n) is 13.4. The van der Waals surface area contributed by atoms with Gasteiger partial charge in [0.05, 0.1) is 25.2 Å². The minimum atomic E-state index is -0.330. The van der Waals surface area contributed by atoms with Crippen LogP contribution in [0.1, 0.15) is 37.7 Å². The first-order chi connectivity index (χ1) is 11.3. The largest absolute Gasteiger partial charge is 0.472 e. The van der Waals surface area contributed by atoms with Crippen LogP contribution in [-0.2, 0) is 20.9 Å². The highest BCUT2D eigenvalue weighted by Gasteiger charge is 2.42. The summed E-state index contributed by atoms with van der Waals surface area (Å²) in [5.41, 5.74) is 1.20. The van der Waals surface area contributed by atoms with Gasteiger partial charge in [0.2, 0.25) is 0 Å². The lowest BCUT2D eigenvalue weighted by Gasteiger charge is -2.37. The van der Waals surface area contributed by atoms with Crippen LogP contribution in [0.2, 0.25) is 0 Å². The fourth-order valence-corrected chi connectivity index (χ4v) is 3.94. The lowest BCUT2D eigenvalue weighted by molar-refractivity contribution is -0.213. The Labute approximate surface area is 136 Å². The van der Waals surface area contributed by atoms with Gasteiger partial charge in [0.1, 0.15) is 6.10 Å². The number of furan rings is 1. The minimum Gasteiger partial charge on any atom is -0.472 e. The van der Waals surface area contributed by atoms with E-state index >= 15 is 0 Å². The van der Waals surface area contributed by atoms with E-state index in [0.717, 1.165) is 45.2 Å². The van der Waals surface area contributed by atoms with Crippen molar-refractivity contribution in [3.63, 3.8) is 0 Å². The zero-order chi connectivity index (χ0) is 15.6. The first-order valence-corrected chi connectivity index (χ1v) is 8.66. The van der Waals surface area contributed by atoms with E-state index in [9.17, 15) is 4.79 Å². The zero-order valence-corrected chi connectivity index (χ0v) is 13.4. The Bertz CT molecular complexity index is 527. The minimum absolute atomic E-state index is 0.0106. The van der Waals surface area contributed by atoms with E-state index in [1.165, 1.54) is 10.6 Å². The number of amides is 1. The molecule has 0 radical (unpaired) electrons. The van der Waals surface area contributed by atoms with Gasteiger partial charge in [-0.25, -0.2) is 5.06 Å². The molecular formula is C17H24N2O4. The van der Waals surface area contributed by atoms with Gasteiger partial charge in [0.25, 0.3) is 5.91 Å². The number of hydrogen-bond donors (Lipinski definition) is 0. The molecule has 0 bridgehead atoms. The predicted molar refractivity (Wildman–Crippen MR) is 82.3 cm³/mol. The number of likely N-dealkylation sites (tertiary alicyclic amines) is 1.